The molecule has 0 saturated heterocycles. The molecule has 1 N–H and O–H groups in total. The summed E-state index contributed by atoms with van der Waals surface area (Å²) in [6, 6.07) is 0. The second-order valence-electron chi connectivity index (χ2n) is 5.43. The van der Waals surface area contributed by atoms with E-state index in [1.807, 2.05) is 12.2 Å². The second-order valence-corrected chi connectivity index (χ2v) is 5.43. The van der Waals surface area contributed by atoms with Crippen LogP contribution in [0.3, 0.4) is 0 Å². The van der Waals surface area contributed by atoms with Crippen LogP contribution < -0.4 is 0 Å². The first-order valence-corrected chi connectivity index (χ1v) is 6.74. The van der Waals surface area contributed by atoms with E-state index in [9.17, 15) is 14.7 Å². The van der Waals surface area contributed by atoms with Crippen molar-refractivity contribution in [3.8, 4) is 0 Å². The molecule has 0 spiro atoms. The number of likely N-dealkylation sites (N-methyl/N-ethyl adjacent to an activating group) is 1. The van der Waals surface area contributed by atoms with Crippen LogP contribution in [0.25, 0.3) is 0 Å². The summed E-state index contributed by atoms with van der Waals surface area (Å²) in [7, 11) is 1.67. The van der Waals surface area contributed by atoms with Gasteiger partial charge in [0, 0.05) is 13.0 Å². The van der Waals surface area contributed by atoms with Crippen LogP contribution in [0.1, 0.15) is 44.9 Å². The Morgan fingerprint density at radius 3 is 2.22 bits per heavy atom. The molecule has 0 aromatic heterocycles. The maximum Gasteiger partial charge on any atom is 0.329 e. The lowest BCUT2D eigenvalue weighted by atomic mass is 9.80. The SMILES string of the molecule is CN(C(=O)C1CC=CC1)C1(C(=O)O)CCCCC1. The summed E-state index contributed by atoms with van der Waals surface area (Å²) < 4.78 is 0. The molecule has 0 atom stereocenters. The summed E-state index contributed by atoms with van der Waals surface area (Å²) in [4.78, 5) is 25.5. The lowest BCUT2D eigenvalue weighted by molar-refractivity contribution is -0.161. The van der Waals surface area contributed by atoms with Crippen molar-refractivity contribution in [2.45, 2.75) is 50.5 Å². The highest BCUT2D eigenvalue weighted by Crippen LogP contribution is 2.35. The first-order valence-electron chi connectivity index (χ1n) is 6.74. The molecule has 100 valence electrons. The number of rotatable bonds is 3. The molecule has 0 bridgehead atoms. The number of allylic oxidation sites excluding steroid dienone is 2. The number of nitrogens with zero attached hydrogens (tertiary/aromatic N) is 1. The molecule has 1 saturated carbocycles. The molecule has 0 radical (unpaired) electrons. The first kappa shape index (κ1) is 13.1. The summed E-state index contributed by atoms with van der Waals surface area (Å²) in [5, 5.41) is 9.54. The van der Waals surface area contributed by atoms with E-state index in [0.717, 1.165) is 32.1 Å². The standard InChI is InChI=1S/C14H21NO3/c1-15(12(16)11-7-3-4-8-11)14(13(17)18)9-5-2-6-10-14/h3-4,11H,2,5-10H2,1H3,(H,17,18). The van der Waals surface area contributed by atoms with Crippen molar-refractivity contribution in [2.75, 3.05) is 7.05 Å². The quantitative estimate of drug-likeness (QED) is 0.782. The molecular formula is C14H21NO3. The highest BCUT2D eigenvalue weighted by atomic mass is 16.4. The summed E-state index contributed by atoms with van der Waals surface area (Å²) in [5.41, 5.74) is -0.960. The molecule has 0 aliphatic heterocycles. The fourth-order valence-electron chi connectivity index (χ4n) is 3.13. The van der Waals surface area contributed by atoms with Crippen LogP contribution in [0.15, 0.2) is 12.2 Å². The average Bonchev–Trinajstić information content (AvgIpc) is 2.91. The number of carbonyl (C=O) groups excluding carboxylic acids is 1. The van der Waals surface area contributed by atoms with Crippen LogP contribution in [0.4, 0.5) is 0 Å². The van der Waals surface area contributed by atoms with Crippen molar-refractivity contribution < 1.29 is 14.7 Å². The Balaban J connectivity index is 2.14. The molecule has 4 nitrogen and oxygen atoms in total. The predicted octanol–water partition coefficient (Wildman–Crippen LogP) is 2.20. The predicted molar refractivity (Wildman–Crippen MR) is 68.1 cm³/mol. The monoisotopic (exact) mass is 251 g/mol. The largest absolute Gasteiger partial charge is 0.479 e. The van der Waals surface area contributed by atoms with Crippen molar-refractivity contribution >= 4 is 11.9 Å². The number of hydrogen-bond acceptors (Lipinski definition) is 2. The maximum absolute atomic E-state index is 12.4. The minimum absolute atomic E-state index is 0.00991. The van der Waals surface area contributed by atoms with Crippen LogP contribution in [-0.2, 0) is 9.59 Å². The Morgan fingerprint density at radius 2 is 1.72 bits per heavy atom. The van der Waals surface area contributed by atoms with Gasteiger partial charge in [-0.05, 0) is 25.7 Å². The average molecular weight is 251 g/mol. The second kappa shape index (κ2) is 5.12. The zero-order chi connectivity index (χ0) is 13.2. The smallest absolute Gasteiger partial charge is 0.329 e. The molecule has 0 aromatic rings. The minimum atomic E-state index is -0.960. The minimum Gasteiger partial charge on any atom is -0.479 e. The van der Waals surface area contributed by atoms with Crippen LogP contribution in [0.5, 0.6) is 0 Å². The third kappa shape index (κ3) is 2.16. The molecule has 0 unspecified atom stereocenters. The molecule has 1 amide bonds. The van der Waals surface area contributed by atoms with Crippen molar-refractivity contribution in [3.63, 3.8) is 0 Å². The van der Waals surface area contributed by atoms with Crippen LogP contribution >= 0.6 is 0 Å². The number of hydrogen-bond donors (Lipinski definition) is 1. The van der Waals surface area contributed by atoms with Gasteiger partial charge in [-0.2, -0.15) is 0 Å². The summed E-state index contributed by atoms with van der Waals surface area (Å²) in [6.07, 6.45) is 9.55. The van der Waals surface area contributed by atoms with Crippen LogP contribution in [0, 0.1) is 5.92 Å². The molecule has 4 heteroatoms. The normalized spacial score (nSPS) is 22.9. The van der Waals surface area contributed by atoms with Gasteiger partial charge < -0.3 is 10.0 Å². The van der Waals surface area contributed by atoms with Crippen molar-refractivity contribution in [1.82, 2.24) is 4.90 Å². The van der Waals surface area contributed by atoms with Gasteiger partial charge in [-0.15, -0.1) is 0 Å². The van der Waals surface area contributed by atoms with Gasteiger partial charge in [-0.1, -0.05) is 31.4 Å². The fourth-order valence-corrected chi connectivity index (χ4v) is 3.13. The molecule has 1 fully saturated rings. The Labute approximate surface area is 108 Å². The summed E-state index contributed by atoms with van der Waals surface area (Å²) in [5.74, 6) is -0.901. The van der Waals surface area contributed by atoms with Crippen molar-refractivity contribution in [1.29, 1.82) is 0 Å². The molecule has 0 heterocycles. The molecule has 2 aliphatic rings. The van der Waals surface area contributed by atoms with Gasteiger partial charge in [0.1, 0.15) is 5.54 Å². The third-order valence-electron chi connectivity index (χ3n) is 4.41. The lowest BCUT2D eigenvalue weighted by Gasteiger charge is -2.42. The molecule has 2 aliphatic carbocycles. The molecule has 2 rings (SSSR count). The Kier molecular flexibility index (Phi) is 3.73. The van der Waals surface area contributed by atoms with Crippen LogP contribution in [0.2, 0.25) is 0 Å². The Hall–Kier alpha value is -1.32. The molecule has 18 heavy (non-hydrogen) atoms. The van der Waals surface area contributed by atoms with Crippen molar-refractivity contribution in [3.05, 3.63) is 12.2 Å². The van der Waals surface area contributed by atoms with Gasteiger partial charge in [0.15, 0.2) is 0 Å². The summed E-state index contributed by atoms with van der Waals surface area (Å²) >= 11 is 0. The first-order chi connectivity index (χ1) is 8.58. The number of amides is 1. The fraction of sp³-hybridized carbons (Fsp3) is 0.714. The highest BCUT2D eigenvalue weighted by molar-refractivity contribution is 5.88. The van der Waals surface area contributed by atoms with Gasteiger partial charge in [0.2, 0.25) is 5.91 Å². The van der Waals surface area contributed by atoms with E-state index in [4.69, 9.17) is 0 Å². The lowest BCUT2D eigenvalue weighted by Crippen LogP contribution is -2.57. The van der Waals surface area contributed by atoms with Gasteiger partial charge in [0.05, 0.1) is 0 Å². The van der Waals surface area contributed by atoms with E-state index in [1.54, 1.807) is 7.05 Å². The van der Waals surface area contributed by atoms with E-state index in [-0.39, 0.29) is 11.8 Å². The van der Waals surface area contributed by atoms with Gasteiger partial charge in [0.25, 0.3) is 0 Å². The van der Waals surface area contributed by atoms with Gasteiger partial charge >= 0.3 is 5.97 Å². The van der Waals surface area contributed by atoms with Gasteiger partial charge in [-0.3, -0.25) is 4.79 Å². The van der Waals surface area contributed by atoms with E-state index < -0.39 is 11.5 Å². The maximum atomic E-state index is 12.4. The van der Waals surface area contributed by atoms with Crippen LogP contribution in [-0.4, -0.2) is 34.5 Å². The van der Waals surface area contributed by atoms with Gasteiger partial charge in [-0.25, -0.2) is 4.79 Å². The number of carboxylic acids is 1. The molecular weight excluding hydrogens is 230 g/mol. The zero-order valence-corrected chi connectivity index (χ0v) is 10.9. The third-order valence-corrected chi connectivity index (χ3v) is 4.41. The molecule has 0 aromatic carbocycles. The topological polar surface area (TPSA) is 57.6 Å². The number of carboxylic acid groups (broad SMARTS) is 1. The van der Waals surface area contributed by atoms with E-state index in [2.05, 4.69) is 0 Å². The highest BCUT2D eigenvalue weighted by Gasteiger charge is 2.46. The number of aliphatic carboxylic acids is 1. The Bertz CT molecular complexity index is 361. The Morgan fingerprint density at radius 1 is 1.17 bits per heavy atom. The number of carbonyl (C=O) groups is 2. The van der Waals surface area contributed by atoms with E-state index in [0.29, 0.717) is 12.8 Å². The van der Waals surface area contributed by atoms with Crippen molar-refractivity contribution in [2.24, 2.45) is 5.92 Å². The van der Waals surface area contributed by atoms with E-state index in [1.165, 1.54) is 4.90 Å². The zero-order valence-electron chi connectivity index (χ0n) is 10.9. The van der Waals surface area contributed by atoms with E-state index >= 15 is 0 Å². The summed E-state index contributed by atoms with van der Waals surface area (Å²) in [6.45, 7) is 0.